The van der Waals surface area contributed by atoms with Gasteiger partial charge in [-0.2, -0.15) is 0 Å². The molecule has 0 aliphatic rings. The molecule has 0 rings (SSSR count). The highest BCUT2D eigenvalue weighted by Gasteiger charge is 1.95. The second-order valence-electron chi connectivity index (χ2n) is 4.97. The molecule has 9 nitrogen and oxygen atoms in total. The molecule has 0 bridgehead atoms. The van der Waals surface area contributed by atoms with E-state index in [1.807, 2.05) is 0 Å². The van der Waals surface area contributed by atoms with E-state index in [0.29, 0.717) is 6.42 Å². The number of hydrogen-bond donors (Lipinski definition) is 6. The lowest BCUT2D eigenvalue weighted by Crippen LogP contribution is -2.15. The van der Waals surface area contributed by atoms with Crippen LogP contribution in [-0.4, -0.2) is 67.9 Å². The monoisotopic (exact) mass is 370 g/mol. The maximum absolute atomic E-state index is 10.1. The average molecular weight is 370 g/mol. The van der Waals surface area contributed by atoms with Gasteiger partial charge in [-0.3, -0.25) is 14.4 Å². The fourth-order valence-corrected chi connectivity index (χ4v) is 1.11. The van der Waals surface area contributed by atoms with Crippen LogP contribution in [-0.2, 0) is 14.4 Å². The number of carboxylic acid groups (broad SMARTS) is 3. The highest BCUT2D eigenvalue weighted by molar-refractivity contribution is 5.66. The summed E-state index contributed by atoms with van der Waals surface area (Å²) in [7, 11) is 0. The molecule has 25 heavy (non-hydrogen) atoms. The van der Waals surface area contributed by atoms with E-state index in [9.17, 15) is 4.79 Å². The molecule has 0 aromatic heterocycles. The Hall–Kier alpha value is -1.71. The quantitative estimate of drug-likeness (QED) is 0.327. The summed E-state index contributed by atoms with van der Waals surface area (Å²) in [6, 6.07) is 0. The molecule has 0 aromatic carbocycles. The molecule has 0 radical (unpaired) electrons. The summed E-state index contributed by atoms with van der Waals surface area (Å²) in [6.45, 7) is 3.62. The van der Waals surface area contributed by atoms with E-state index in [-0.39, 0.29) is 13.2 Å². The second kappa shape index (κ2) is 27.2. The molecule has 0 aromatic rings. The molecule has 0 heterocycles. The highest BCUT2D eigenvalue weighted by Crippen LogP contribution is 2.06. The van der Waals surface area contributed by atoms with Crippen LogP contribution in [0.4, 0.5) is 0 Å². The third-order valence-electron chi connectivity index (χ3n) is 2.17. The zero-order valence-electron chi connectivity index (χ0n) is 15.3. The molecule has 0 aliphatic heterocycles. The normalized spacial score (nSPS) is 8.76. The van der Waals surface area contributed by atoms with E-state index in [2.05, 4.69) is 6.92 Å². The minimum atomic E-state index is -0.954. The minimum Gasteiger partial charge on any atom is -0.481 e. The summed E-state index contributed by atoms with van der Waals surface area (Å²) >= 11 is 0. The first-order chi connectivity index (χ1) is 11.5. The van der Waals surface area contributed by atoms with E-state index in [1.54, 1.807) is 0 Å². The van der Waals surface area contributed by atoms with Crippen LogP contribution in [0.25, 0.3) is 0 Å². The summed E-state index contributed by atoms with van der Waals surface area (Å²) in [5, 5.41) is 47.2. The third-order valence-corrected chi connectivity index (χ3v) is 2.17. The van der Waals surface area contributed by atoms with Crippen LogP contribution in [0.15, 0.2) is 0 Å². The maximum atomic E-state index is 10.1. The average Bonchev–Trinajstić information content (AvgIpc) is 2.49. The fraction of sp³-hybridized carbons (Fsp3) is 0.812. The number of unbranched alkanes of at least 4 members (excludes halogenated alkanes) is 5. The van der Waals surface area contributed by atoms with E-state index in [1.165, 1.54) is 25.7 Å². The molecule has 9 heteroatoms. The van der Waals surface area contributed by atoms with Gasteiger partial charge in [0.05, 0.1) is 13.2 Å². The zero-order valence-corrected chi connectivity index (χ0v) is 15.3. The van der Waals surface area contributed by atoms with Gasteiger partial charge in [0.15, 0.2) is 0 Å². The predicted octanol–water partition coefficient (Wildman–Crippen LogP) is 1.34. The Kier molecular flexibility index (Phi) is 33.8. The molecular weight excluding hydrogens is 336 g/mol. The van der Waals surface area contributed by atoms with Crippen molar-refractivity contribution in [3.05, 3.63) is 0 Å². The molecule has 0 atom stereocenters. The molecular formula is C16H34O9. The highest BCUT2D eigenvalue weighted by atomic mass is 16.4. The van der Waals surface area contributed by atoms with E-state index in [4.69, 9.17) is 40.2 Å². The Labute approximate surface area is 148 Å². The van der Waals surface area contributed by atoms with Crippen LogP contribution < -0.4 is 0 Å². The molecule has 0 amide bonds. The lowest BCUT2D eigenvalue weighted by molar-refractivity contribution is -0.137. The Balaban J connectivity index is -0.000000133. The van der Waals surface area contributed by atoms with Crippen LogP contribution >= 0.6 is 0 Å². The molecule has 0 saturated heterocycles. The summed E-state index contributed by atoms with van der Waals surface area (Å²) in [5.74, 6) is -2.33. The molecule has 0 aliphatic carbocycles. The molecule has 0 unspecified atom stereocenters. The van der Waals surface area contributed by atoms with Gasteiger partial charge >= 0.3 is 5.97 Å². The summed E-state index contributed by atoms with van der Waals surface area (Å²) in [4.78, 5) is 28.1. The van der Waals surface area contributed by atoms with Crippen molar-refractivity contribution in [1.82, 2.24) is 0 Å². The Morgan fingerprint density at radius 3 is 1.32 bits per heavy atom. The first-order valence-corrected chi connectivity index (χ1v) is 8.05. The Morgan fingerprint density at radius 1 is 0.760 bits per heavy atom. The van der Waals surface area contributed by atoms with Crippen LogP contribution in [0.1, 0.15) is 65.7 Å². The lowest BCUT2D eigenvalue weighted by Gasteiger charge is -1.97. The van der Waals surface area contributed by atoms with Crippen LogP contribution in [0, 0.1) is 0 Å². The van der Waals surface area contributed by atoms with Crippen LogP contribution in [0.5, 0.6) is 0 Å². The smallest absolute Gasteiger partial charge is 0.303 e. The maximum Gasteiger partial charge on any atom is 0.303 e. The molecule has 0 spiro atoms. The van der Waals surface area contributed by atoms with Gasteiger partial charge in [0.25, 0.3) is 11.9 Å². The van der Waals surface area contributed by atoms with Crippen LogP contribution in [0.2, 0.25) is 0 Å². The van der Waals surface area contributed by atoms with Crippen molar-refractivity contribution in [2.75, 3.05) is 13.2 Å². The van der Waals surface area contributed by atoms with E-state index < -0.39 is 24.0 Å². The van der Waals surface area contributed by atoms with Crippen molar-refractivity contribution in [3.8, 4) is 0 Å². The van der Waals surface area contributed by atoms with Gasteiger partial charge in [-0.1, -0.05) is 39.0 Å². The SMILES string of the molecule is CC(=O)O.CC(=O)O.CCCCCCCCC(=O)O.OCC(O)CO. The summed E-state index contributed by atoms with van der Waals surface area (Å²) in [5.41, 5.74) is 0. The number of aliphatic hydroxyl groups is 3. The third kappa shape index (κ3) is 86.7. The van der Waals surface area contributed by atoms with Gasteiger partial charge in [-0.15, -0.1) is 0 Å². The topological polar surface area (TPSA) is 173 Å². The van der Waals surface area contributed by atoms with Crippen molar-refractivity contribution in [3.63, 3.8) is 0 Å². The van der Waals surface area contributed by atoms with E-state index in [0.717, 1.165) is 26.7 Å². The standard InChI is InChI=1S/C9H18O2.C3H8O3.2C2H4O2/c1-2-3-4-5-6-7-8-9(10)11;4-1-3(6)2-5;2*1-2(3)4/h2-8H2,1H3,(H,10,11);3-6H,1-2H2;2*1H3,(H,3,4). The molecule has 152 valence electrons. The first-order valence-electron chi connectivity index (χ1n) is 8.05. The van der Waals surface area contributed by atoms with Crippen molar-refractivity contribution < 1.29 is 45.0 Å². The largest absolute Gasteiger partial charge is 0.481 e. The number of rotatable bonds is 9. The predicted molar refractivity (Wildman–Crippen MR) is 92.4 cm³/mol. The fourth-order valence-electron chi connectivity index (χ4n) is 1.11. The second-order valence-corrected chi connectivity index (χ2v) is 4.97. The Morgan fingerprint density at radius 2 is 1.08 bits per heavy atom. The van der Waals surface area contributed by atoms with Gasteiger partial charge in [-0.05, 0) is 6.42 Å². The molecule has 0 saturated carbocycles. The number of carboxylic acids is 3. The van der Waals surface area contributed by atoms with Crippen LogP contribution in [0.3, 0.4) is 0 Å². The first kappa shape index (κ1) is 31.1. The van der Waals surface area contributed by atoms with Crippen molar-refractivity contribution in [1.29, 1.82) is 0 Å². The summed E-state index contributed by atoms with van der Waals surface area (Å²) in [6.07, 6.45) is 6.30. The Bertz CT molecular complexity index is 282. The number of aliphatic carboxylic acids is 3. The van der Waals surface area contributed by atoms with Gasteiger partial charge in [0.1, 0.15) is 6.10 Å². The van der Waals surface area contributed by atoms with Crippen molar-refractivity contribution in [2.45, 2.75) is 71.8 Å². The van der Waals surface area contributed by atoms with Gasteiger partial charge in [0, 0.05) is 20.3 Å². The number of hydrogen-bond acceptors (Lipinski definition) is 6. The lowest BCUT2D eigenvalue weighted by atomic mass is 10.1. The zero-order chi connectivity index (χ0) is 20.7. The molecule has 0 fully saturated rings. The minimum absolute atomic E-state index is 0.339. The van der Waals surface area contributed by atoms with Gasteiger partial charge < -0.3 is 30.6 Å². The summed E-state index contributed by atoms with van der Waals surface area (Å²) < 4.78 is 0. The van der Waals surface area contributed by atoms with Gasteiger partial charge in [-0.25, -0.2) is 0 Å². The van der Waals surface area contributed by atoms with Crippen molar-refractivity contribution in [2.24, 2.45) is 0 Å². The van der Waals surface area contributed by atoms with E-state index >= 15 is 0 Å². The molecule has 6 N–H and O–H groups in total. The number of carbonyl (C=O) groups is 3. The van der Waals surface area contributed by atoms with Gasteiger partial charge in [0.2, 0.25) is 0 Å². The van der Waals surface area contributed by atoms with Crippen molar-refractivity contribution >= 4 is 17.9 Å². The number of aliphatic hydroxyl groups excluding tert-OH is 3.